The summed E-state index contributed by atoms with van der Waals surface area (Å²) in [7, 11) is 0. The zero-order valence-electron chi connectivity index (χ0n) is 11.3. The van der Waals surface area contributed by atoms with Crippen molar-refractivity contribution in [2.24, 2.45) is 0 Å². The molecule has 0 bridgehead atoms. The molecule has 4 heteroatoms. The Bertz CT molecular complexity index is 425. The van der Waals surface area contributed by atoms with Crippen molar-refractivity contribution in [2.45, 2.75) is 44.8 Å². The van der Waals surface area contributed by atoms with Gasteiger partial charge in [-0.2, -0.15) is 0 Å². The summed E-state index contributed by atoms with van der Waals surface area (Å²) < 4.78 is 5.58. The van der Waals surface area contributed by atoms with Gasteiger partial charge in [-0.15, -0.1) is 0 Å². The van der Waals surface area contributed by atoms with Crippen molar-refractivity contribution in [3.63, 3.8) is 0 Å². The molecule has 2 N–H and O–H groups in total. The molecule has 0 unspecified atom stereocenters. The molecule has 1 aromatic carbocycles. The van der Waals surface area contributed by atoms with Crippen LogP contribution >= 0.6 is 0 Å². The maximum Gasteiger partial charge on any atom is 0.250 e. The second-order valence-corrected chi connectivity index (χ2v) is 5.10. The van der Waals surface area contributed by atoms with Gasteiger partial charge in [0.2, 0.25) is 5.91 Å². The van der Waals surface area contributed by atoms with Gasteiger partial charge >= 0.3 is 0 Å². The Labute approximate surface area is 113 Å². The first-order valence-corrected chi connectivity index (χ1v) is 6.80. The molecule has 0 atom stereocenters. The third kappa shape index (κ3) is 4.33. The molecule has 1 saturated carbocycles. The van der Waals surface area contributed by atoms with E-state index in [-0.39, 0.29) is 24.7 Å². The third-order valence-corrected chi connectivity index (χ3v) is 3.51. The topological polar surface area (TPSA) is 58.6 Å². The molecule has 19 heavy (non-hydrogen) atoms. The number of anilines is 1. The molecule has 0 spiro atoms. The van der Waals surface area contributed by atoms with E-state index in [4.69, 9.17) is 4.74 Å². The van der Waals surface area contributed by atoms with Gasteiger partial charge in [-0.05, 0) is 44.2 Å². The molecule has 4 nitrogen and oxygen atoms in total. The van der Waals surface area contributed by atoms with Gasteiger partial charge in [-0.1, -0.05) is 18.2 Å². The third-order valence-electron chi connectivity index (χ3n) is 3.51. The highest BCUT2D eigenvalue weighted by atomic mass is 16.5. The number of hydrogen-bond donors (Lipinski definition) is 2. The number of benzene rings is 1. The van der Waals surface area contributed by atoms with Crippen molar-refractivity contribution in [2.75, 3.05) is 11.9 Å². The van der Waals surface area contributed by atoms with E-state index >= 15 is 0 Å². The summed E-state index contributed by atoms with van der Waals surface area (Å²) in [5.74, 6) is -0.125. The van der Waals surface area contributed by atoms with Gasteiger partial charge < -0.3 is 15.2 Å². The lowest BCUT2D eigenvalue weighted by Crippen LogP contribution is -2.28. The fraction of sp³-hybridized carbons (Fsp3) is 0.533. The summed E-state index contributed by atoms with van der Waals surface area (Å²) in [6, 6.07) is 7.67. The van der Waals surface area contributed by atoms with Crippen molar-refractivity contribution in [3.05, 3.63) is 29.8 Å². The van der Waals surface area contributed by atoms with E-state index in [1.807, 2.05) is 31.2 Å². The average Bonchev–Trinajstić information content (AvgIpc) is 2.41. The van der Waals surface area contributed by atoms with Crippen LogP contribution in [0.25, 0.3) is 0 Å². The van der Waals surface area contributed by atoms with Crippen LogP contribution in [0.1, 0.15) is 31.2 Å². The predicted molar refractivity (Wildman–Crippen MR) is 74.0 cm³/mol. The van der Waals surface area contributed by atoms with E-state index in [0.717, 1.165) is 36.9 Å². The Kier molecular flexibility index (Phi) is 4.93. The van der Waals surface area contributed by atoms with Crippen molar-refractivity contribution < 1.29 is 14.6 Å². The molecular formula is C15H21NO3. The Morgan fingerprint density at radius 3 is 2.68 bits per heavy atom. The Balaban J connectivity index is 1.74. The van der Waals surface area contributed by atoms with Crippen molar-refractivity contribution in [3.8, 4) is 0 Å². The van der Waals surface area contributed by atoms with Gasteiger partial charge in [0, 0.05) is 5.69 Å². The van der Waals surface area contributed by atoms with Gasteiger partial charge in [0.05, 0.1) is 12.2 Å². The number of nitrogens with one attached hydrogen (secondary N) is 1. The minimum absolute atomic E-state index is 0.0785. The maximum absolute atomic E-state index is 11.8. The molecule has 1 aliphatic carbocycles. The van der Waals surface area contributed by atoms with Crippen molar-refractivity contribution in [1.29, 1.82) is 0 Å². The van der Waals surface area contributed by atoms with Gasteiger partial charge in [-0.25, -0.2) is 0 Å². The number of aliphatic hydroxyl groups is 1. The summed E-state index contributed by atoms with van der Waals surface area (Å²) in [4.78, 5) is 11.8. The zero-order chi connectivity index (χ0) is 13.7. The van der Waals surface area contributed by atoms with Crippen molar-refractivity contribution >= 4 is 11.6 Å². The van der Waals surface area contributed by atoms with Crippen LogP contribution in [0, 0.1) is 6.92 Å². The number of carbonyl (C=O) groups is 1. The zero-order valence-corrected chi connectivity index (χ0v) is 11.3. The molecule has 1 aliphatic rings. The number of hydrogen-bond acceptors (Lipinski definition) is 3. The molecule has 0 saturated heterocycles. The summed E-state index contributed by atoms with van der Waals surface area (Å²) in [6.07, 6.45) is 3.11. The molecule has 1 fully saturated rings. The fourth-order valence-electron chi connectivity index (χ4n) is 2.30. The molecule has 0 heterocycles. The summed E-state index contributed by atoms with van der Waals surface area (Å²) in [5.41, 5.74) is 1.87. The number of rotatable bonds is 4. The van der Waals surface area contributed by atoms with Crippen LogP contribution in [-0.4, -0.2) is 29.8 Å². The Morgan fingerprint density at radius 1 is 1.32 bits per heavy atom. The van der Waals surface area contributed by atoms with E-state index in [2.05, 4.69) is 5.32 Å². The molecule has 0 aliphatic heterocycles. The second-order valence-electron chi connectivity index (χ2n) is 5.10. The highest BCUT2D eigenvalue weighted by Crippen LogP contribution is 2.21. The molecule has 1 amide bonds. The number of ether oxygens (including phenoxy) is 1. The SMILES string of the molecule is Cc1ccccc1NC(=O)COC1CCC(O)CC1. The number of aryl methyl sites for hydroxylation is 1. The highest BCUT2D eigenvalue weighted by molar-refractivity contribution is 5.92. The van der Waals surface area contributed by atoms with Crippen LogP contribution in [0.5, 0.6) is 0 Å². The largest absolute Gasteiger partial charge is 0.393 e. The standard InChI is InChI=1S/C15H21NO3/c1-11-4-2-3-5-14(11)16-15(18)10-19-13-8-6-12(17)7-9-13/h2-5,12-13,17H,6-10H2,1H3,(H,16,18). The number of para-hydroxylation sites is 1. The lowest BCUT2D eigenvalue weighted by Gasteiger charge is -2.25. The maximum atomic E-state index is 11.8. The minimum atomic E-state index is -0.194. The molecular weight excluding hydrogens is 242 g/mol. The van der Waals surface area contributed by atoms with Crippen LogP contribution in [0.2, 0.25) is 0 Å². The second kappa shape index (κ2) is 6.68. The first kappa shape index (κ1) is 14.0. The normalized spacial score (nSPS) is 23.1. The fourth-order valence-corrected chi connectivity index (χ4v) is 2.30. The van der Waals surface area contributed by atoms with Crippen LogP contribution in [-0.2, 0) is 9.53 Å². The molecule has 1 aromatic rings. The lowest BCUT2D eigenvalue weighted by molar-refractivity contribution is -0.123. The van der Waals surface area contributed by atoms with Crippen LogP contribution in [0.4, 0.5) is 5.69 Å². The quantitative estimate of drug-likeness (QED) is 0.876. The number of aliphatic hydroxyl groups excluding tert-OH is 1. The summed E-state index contributed by atoms with van der Waals surface area (Å²) in [6.45, 7) is 2.04. The molecule has 0 aromatic heterocycles. The van der Waals surface area contributed by atoms with Crippen LogP contribution in [0.3, 0.4) is 0 Å². The van der Waals surface area contributed by atoms with Gasteiger partial charge in [-0.3, -0.25) is 4.79 Å². The Morgan fingerprint density at radius 2 is 2.00 bits per heavy atom. The minimum Gasteiger partial charge on any atom is -0.393 e. The van der Waals surface area contributed by atoms with E-state index in [1.165, 1.54) is 0 Å². The molecule has 2 rings (SSSR count). The first-order valence-electron chi connectivity index (χ1n) is 6.80. The average molecular weight is 263 g/mol. The summed E-state index contributed by atoms with van der Waals surface area (Å²) in [5, 5.41) is 12.2. The van der Waals surface area contributed by atoms with Crippen LogP contribution in [0.15, 0.2) is 24.3 Å². The highest BCUT2D eigenvalue weighted by Gasteiger charge is 2.20. The molecule has 104 valence electrons. The van der Waals surface area contributed by atoms with Gasteiger partial charge in [0.1, 0.15) is 6.61 Å². The molecule has 0 radical (unpaired) electrons. The Hall–Kier alpha value is -1.39. The first-order chi connectivity index (χ1) is 9.15. The van der Waals surface area contributed by atoms with E-state index in [1.54, 1.807) is 0 Å². The summed E-state index contributed by atoms with van der Waals surface area (Å²) >= 11 is 0. The van der Waals surface area contributed by atoms with Gasteiger partial charge in [0.25, 0.3) is 0 Å². The number of amides is 1. The monoisotopic (exact) mass is 263 g/mol. The smallest absolute Gasteiger partial charge is 0.250 e. The van der Waals surface area contributed by atoms with Crippen LogP contribution < -0.4 is 5.32 Å². The van der Waals surface area contributed by atoms with Gasteiger partial charge in [0.15, 0.2) is 0 Å². The van der Waals surface area contributed by atoms with Crippen molar-refractivity contribution in [1.82, 2.24) is 0 Å². The van der Waals surface area contributed by atoms with E-state index in [9.17, 15) is 9.90 Å². The number of carbonyl (C=O) groups excluding carboxylic acids is 1. The predicted octanol–water partition coefficient (Wildman–Crippen LogP) is 2.25. The van der Waals surface area contributed by atoms with E-state index < -0.39 is 0 Å². The lowest BCUT2D eigenvalue weighted by atomic mass is 9.95. The van der Waals surface area contributed by atoms with E-state index in [0.29, 0.717) is 0 Å².